The first kappa shape index (κ1) is 18.0. The van der Waals surface area contributed by atoms with E-state index in [1.54, 1.807) is 6.33 Å². The molecule has 0 amide bonds. The molecular weight excluding hydrogens is 428 g/mol. The molecule has 0 saturated carbocycles. The quantitative estimate of drug-likeness (QED) is 0.294. The number of hydrogen-bond acceptors (Lipinski definition) is 5. The Labute approximate surface area is 193 Å². The number of aromatic amines is 1. The van der Waals surface area contributed by atoms with Crippen molar-refractivity contribution in [1.29, 1.82) is 0 Å². The zero-order valence-corrected chi connectivity index (χ0v) is 18.3. The van der Waals surface area contributed by atoms with E-state index in [1.807, 2.05) is 6.07 Å². The Hall–Kier alpha value is -4.45. The number of nitrogens with one attached hydrogen (secondary N) is 1. The molecule has 0 saturated heterocycles. The van der Waals surface area contributed by atoms with Gasteiger partial charge in [-0.3, -0.25) is 0 Å². The summed E-state index contributed by atoms with van der Waals surface area (Å²) in [5, 5.41) is 6.83. The van der Waals surface area contributed by atoms with E-state index >= 15 is 0 Å². The number of H-pyrrole nitrogens is 1. The third-order valence-electron chi connectivity index (χ3n) is 6.98. The molecule has 2 aliphatic rings. The van der Waals surface area contributed by atoms with Crippen molar-refractivity contribution in [2.75, 3.05) is 13.6 Å². The summed E-state index contributed by atoms with van der Waals surface area (Å²) in [4.78, 5) is 7.62. The summed E-state index contributed by atoms with van der Waals surface area (Å²) in [5.41, 5.74) is 5.36. The third kappa shape index (κ3) is 2.32. The first-order valence-electron chi connectivity index (χ1n) is 11.2. The van der Waals surface area contributed by atoms with Crippen LogP contribution in [0, 0.1) is 6.92 Å². The molecule has 6 nitrogen and oxygen atoms in total. The summed E-state index contributed by atoms with van der Waals surface area (Å²) in [7, 11) is 0. The van der Waals surface area contributed by atoms with Crippen LogP contribution in [0.5, 0.6) is 23.0 Å². The molecule has 34 heavy (non-hydrogen) atoms. The number of aromatic nitrogens is 2. The highest BCUT2D eigenvalue weighted by Crippen LogP contribution is 2.48. The summed E-state index contributed by atoms with van der Waals surface area (Å²) < 4.78 is 23.0. The Bertz CT molecular complexity index is 1840. The summed E-state index contributed by atoms with van der Waals surface area (Å²) in [6.07, 6.45) is 1.73. The Morgan fingerprint density at radius 2 is 1.50 bits per heavy atom. The highest BCUT2D eigenvalue weighted by atomic mass is 16.7. The molecule has 5 aromatic carbocycles. The normalized spacial score (nSPS) is 14.1. The maximum atomic E-state index is 5.85. The van der Waals surface area contributed by atoms with Crippen molar-refractivity contribution in [3.8, 4) is 34.1 Å². The molecule has 164 valence electrons. The molecule has 2 aliphatic heterocycles. The minimum absolute atomic E-state index is 0.240. The minimum atomic E-state index is 0.240. The van der Waals surface area contributed by atoms with Crippen LogP contribution in [0.4, 0.5) is 0 Å². The Balaban J connectivity index is 1.56. The van der Waals surface area contributed by atoms with E-state index in [-0.39, 0.29) is 13.6 Å². The van der Waals surface area contributed by atoms with Crippen LogP contribution < -0.4 is 18.9 Å². The predicted molar refractivity (Wildman–Crippen MR) is 131 cm³/mol. The Kier molecular flexibility index (Phi) is 3.35. The average molecular weight is 446 g/mol. The van der Waals surface area contributed by atoms with Gasteiger partial charge in [-0.2, -0.15) is 0 Å². The van der Waals surface area contributed by atoms with Gasteiger partial charge < -0.3 is 23.9 Å². The van der Waals surface area contributed by atoms with Crippen molar-refractivity contribution >= 4 is 43.4 Å². The van der Waals surface area contributed by atoms with Crippen molar-refractivity contribution in [3.05, 3.63) is 66.5 Å². The first-order valence-corrected chi connectivity index (χ1v) is 11.2. The second-order valence-electron chi connectivity index (χ2n) is 8.82. The fourth-order valence-corrected chi connectivity index (χ4v) is 5.45. The van der Waals surface area contributed by atoms with Gasteiger partial charge in [0, 0.05) is 5.39 Å². The van der Waals surface area contributed by atoms with E-state index in [0.29, 0.717) is 0 Å². The highest BCUT2D eigenvalue weighted by Gasteiger charge is 2.23. The van der Waals surface area contributed by atoms with Gasteiger partial charge in [0.15, 0.2) is 23.0 Å². The fraction of sp³-hybridized carbons (Fsp3) is 0.107. The van der Waals surface area contributed by atoms with Crippen molar-refractivity contribution < 1.29 is 18.9 Å². The molecule has 8 rings (SSSR count). The number of nitrogens with zero attached hydrogens (tertiary/aromatic N) is 1. The lowest BCUT2D eigenvalue weighted by atomic mass is 9.88. The molecule has 0 spiro atoms. The van der Waals surface area contributed by atoms with E-state index in [9.17, 15) is 0 Å². The minimum Gasteiger partial charge on any atom is -0.454 e. The first-order chi connectivity index (χ1) is 16.7. The zero-order chi connectivity index (χ0) is 22.4. The molecule has 6 heteroatoms. The number of rotatable bonds is 1. The second kappa shape index (κ2) is 6.32. The number of aryl methyl sites for hydroxylation is 1. The van der Waals surface area contributed by atoms with Gasteiger partial charge in [0.25, 0.3) is 0 Å². The molecule has 0 radical (unpaired) electrons. The molecule has 6 aromatic rings. The number of fused-ring (bicyclic) bond motifs is 9. The van der Waals surface area contributed by atoms with Gasteiger partial charge in [-0.1, -0.05) is 6.07 Å². The predicted octanol–water partition coefficient (Wildman–Crippen LogP) is 6.46. The Morgan fingerprint density at radius 1 is 0.706 bits per heavy atom. The van der Waals surface area contributed by atoms with Gasteiger partial charge in [-0.15, -0.1) is 0 Å². The lowest BCUT2D eigenvalue weighted by Gasteiger charge is -2.16. The summed E-state index contributed by atoms with van der Waals surface area (Å²) in [6.45, 7) is 2.64. The number of benzene rings is 5. The average Bonchev–Trinajstić information content (AvgIpc) is 3.61. The SMILES string of the molecule is Cc1cc2c3c(ccc2c2cc(-c4ccc5nc[nH]c5c4)c4cc5c(cc4c12)OCO5)OCO3. The van der Waals surface area contributed by atoms with E-state index in [0.717, 1.165) is 66.7 Å². The number of ether oxygens (including phenoxy) is 4. The van der Waals surface area contributed by atoms with E-state index in [2.05, 4.69) is 65.4 Å². The molecule has 0 bridgehead atoms. The lowest BCUT2D eigenvalue weighted by Crippen LogP contribution is -1.93. The van der Waals surface area contributed by atoms with Crippen molar-refractivity contribution in [1.82, 2.24) is 9.97 Å². The van der Waals surface area contributed by atoms with E-state index in [1.165, 1.54) is 16.3 Å². The van der Waals surface area contributed by atoms with Crippen LogP contribution in [0.3, 0.4) is 0 Å². The van der Waals surface area contributed by atoms with Crippen LogP contribution in [0.1, 0.15) is 5.56 Å². The Morgan fingerprint density at radius 3 is 2.41 bits per heavy atom. The summed E-state index contributed by atoms with van der Waals surface area (Å²) in [5.74, 6) is 3.16. The van der Waals surface area contributed by atoms with Crippen molar-refractivity contribution in [3.63, 3.8) is 0 Å². The second-order valence-corrected chi connectivity index (χ2v) is 8.82. The van der Waals surface area contributed by atoms with Gasteiger partial charge >= 0.3 is 0 Å². The molecule has 0 aliphatic carbocycles. The molecule has 1 N–H and O–H groups in total. The van der Waals surface area contributed by atoms with Crippen LogP contribution in [-0.2, 0) is 0 Å². The van der Waals surface area contributed by atoms with Crippen LogP contribution in [-0.4, -0.2) is 23.6 Å². The summed E-state index contributed by atoms with van der Waals surface area (Å²) >= 11 is 0. The summed E-state index contributed by atoms with van der Waals surface area (Å²) in [6, 6.07) is 19.2. The van der Waals surface area contributed by atoms with Gasteiger partial charge in [-0.05, 0) is 99.1 Å². The van der Waals surface area contributed by atoms with Crippen molar-refractivity contribution in [2.24, 2.45) is 0 Å². The molecule has 1 aromatic heterocycles. The standard InChI is InChI=1S/C28H18N2O4/c1-14-6-21-16(3-5-24-28(21)34-13-31-24)19-8-17(15-2-4-22-23(7-15)30-11-29-22)18-9-25-26(33-12-32-25)10-20(18)27(14)19/h2-11H,12-13H2,1H3,(H,29,30). The van der Waals surface area contributed by atoms with E-state index in [4.69, 9.17) is 18.9 Å². The number of hydrogen-bond donors (Lipinski definition) is 1. The monoisotopic (exact) mass is 446 g/mol. The zero-order valence-electron chi connectivity index (χ0n) is 18.3. The third-order valence-corrected chi connectivity index (χ3v) is 6.98. The molecule has 0 unspecified atom stereocenters. The van der Waals surface area contributed by atoms with Crippen LogP contribution in [0.2, 0.25) is 0 Å². The number of imidazole rings is 1. The van der Waals surface area contributed by atoms with E-state index < -0.39 is 0 Å². The molecular formula is C28H18N2O4. The van der Waals surface area contributed by atoms with Gasteiger partial charge in [0.05, 0.1) is 17.4 Å². The van der Waals surface area contributed by atoms with Crippen LogP contribution in [0.15, 0.2) is 60.9 Å². The van der Waals surface area contributed by atoms with Crippen molar-refractivity contribution in [2.45, 2.75) is 6.92 Å². The van der Waals surface area contributed by atoms with Crippen LogP contribution in [0.25, 0.3) is 54.5 Å². The lowest BCUT2D eigenvalue weighted by molar-refractivity contribution is 0.174. The maximum Gasteiger partial charge on any atom is 0.231 e. The largest absolute Gasteiger partial charge is 0.454 e. The van der Waals surface area contributed by atoms with Gasteiger partial charge in [0.2, 0.25) is 13.6 Å². The fourth-order valence-electron chi connectivity index (χ4n) is 5.45. The van der Waals surface area contributed by atoms with Gasteiger partial charge in [0.1, 0.15) is 0 Å². The van der Waals surface area contributed by atoms with Gasteiger partial charge in [-0.25, -0.2) is 4.98 Å². The van der Waals surface area contributed by atoms with Crippen LogP contribution >= 0.6 is 0 Å². The molecule has 3 heterocycles. The highest BCUT2D eigenvalue weighted by molar-refractivity contribution is 6.23. The molecule has 0 atom stereocenters. The molecule has 0 fully saturated rings. The topological polar surface area (TPSA) is 65.6 Å². The maximum absolute atomic E-state index is 5.85. The smallest absolute Gasteiger partial charge is 0.231 e.